The van der Waals surface area contributed by atoms with Gasteiger partial charge < -0.3 is 10.3 Å². The van der Waals surface area contributed by atoms with Gasteiger partial charge in [0.05, 0.1) is 5.52 Å². The van der Waals surface area contributed by atoms with E-state index in [4.69, 9.17) is 10.3 Å². The van der Waals surface area contributed by atoms with Crippen LogP contribution >= 0.6 is 0 Å². The highest BCUT2D eigenvalue weighted by Gasteiger charge is 2.15. The molecule has 0 fully saturated rings. The second-order valence-corrected chi connectivity index (χ2v) is 3.45. The van der Waals surface area contributed by atoms with Gasteiger partial charge >= 0.3 is 0 Å². The maximum Gasteiger partial charge on any atom is 0.280 e. The van der Waals surface area contributed by atoms with Gasteiger partial charge in [0.1, 0.15) is 0 Å². The second-order valence-electron chi connectivity index (χ2n) is 3.45. The molecule has 0 radical (unpaired) electrons. The molecule has 1 aromatic carbocycles. The van der Waals surface area contributed by atoms with Crippen molar-refractivity contribution in [3.63, 3.8) is 0 Å². The lowest BCUT2D eigenvalue weighted by atomic mass is 10.2. The number of fused-ring (bicyclic) bond motifs is 1. The maximum absolute atomic E-state index is 5.42. The number of hydrogen-bond donors (Lipinski definition) is 1. The van der Waals surface area contributed by atoms with Gasteiger partial charge in [0.2, 0.25) is 0 Å². The first-order chi connectivity index (χ1) is 7.75. The number of nitrogens with two attached hydrogens (primary N) is 1. The Morgan fingerprint density at radius 2 is 2.12 bits per heavy atom. The van der Waals surface area contributed by atoms with Crippen LogP contribution in [-0.4, -0.2) is 19.9 Å². The molecule has 0 saturated carbocycles. The molecule has 2 aromatic heterocycles. The molecule has 0 bridgehead atoms. The molecule has 6 nitrogen and oxygen atoms in total. The summed E-state index contributed by atoms with van der Waals surface area (Å²) in [5.74, 6) is 0.457. The number of aryl methyl sites for hydroxylation is 1. The summed E-state index contributed by atoms with van der Waals surface area (Å²) in [4.78, 5) is 3.97. The lowest BCUT2D eigenvalue weighted by Crippen LogP contribution is -1.90. The first-order valence-corrected chi connectivity index (χ1v) is 4.77. The molecule has 0 unspecified atom stereocenters. The van der Waals surface area contributed by atoms with Gasteiger partial charge in [0, 0.05) is 12.4 Å². The Labute approximate surface area is 90.7 Å². The highest BCUT2D eigenvalue weighted by molar-refractivity contribution is 5.91. The molecule has 16 heavy (non-hydrogen) atoms. The molecule has 0 atom stereocenters. The molecule has 2 heterocycles. The molecule has 0 aliphatic carbocycles. The van der Waals surface area contributed by atoms with Crippen molar-refractivity contribution in [3.8, 4) is 11.6 Å². The van der Waals surface area contributed by atoms with Crippen molar-refractivity contribution in [3.05, 3.63) is 24.3 Å². The van der Waals surface area contributed by atoms with E-state index in [0.717, 1.165) is 10.9 Å². The van der Waals surface area contributed by atoms with Crippen LogP contribution in [0.3, 0.4) is 0 Å². The Hall–Kier alpha value is -2.37. The number of nitrogen functional groups attached to an aromatic ring is 1. The Morgan fingerprint density at radius 1 is 1.31 bits per heavy atom. The second kappa shape index (κ2) is 3.06. The van der Waals surface area contributed by atoms with Crippen molar-refractivity contribution < 1.29 is 4.52 Å². The number of benzene rings is 1. The van der Waals surface area contributed by atoms with Crippen LogP contribution in [0.5, 0.6) is 0 Å². The summed E-state index contributed by atoms with van der Waals surface area (Å²) in [6.45, 7) is 0. The zero-order chi connectivity index (χ0) is 11.1. The summed E-state index contributed by atoms with van der Waals surface area (Å²) < 4.78 is 6.78. The minimum Gasteiger partial charge on any atom is -0.365 e. The van der Waals surface area contributed by atoms with Crippen molar-refractivity contribution in [2.45, 2.75) is 0 Å². The average Bonchev–Trinajstić information content (AvgIpc) is 2.84. The number of nitrogens with zero attached hydrogens (tertiary/aromatic N) is 4. The molecular weight excluding hydrogens is 206 g/mol. The summed E-state index contributed by atoms with van der Waals surface area (Å²) in [6, 6.07) is 7.83. The highest BCUT2D eigenvalue weighted by Crippen LogP contribution is 2.26. The summed E-state index contributed by atoms with van der Waals surface area (Å²) in [5, 5.41) is 8.86. The van der Waals surface area contributed by atoms with Crippen LogP contribution in [0.1, 0.15) is 0 Å². The molecule has 0 aliphatic rings. The number of para-hydroxylation sites is 1. The zero-order valence-electron chi connectivity index (χ0n) is 8.58. The summed E-state index contributed by atoms with van der Waals surface area (Å²) in [6.07, 6.45) is 0. The quantitative estimate of drug-likeness (QED) is 0.659. The Bertz CT molecular complexity index is 654. The molecule has 2 N–H and O–H groups in total. The van der Waals surface area contributed by atoms with Gasteiger partial charge in [-0.2, -0.15) is 10.1 Å². The molecule has 0 spiro atoms. The smallest absolute Gasteiger partial charge is 0.280 e. The summed E-state index contributed by atoms with van der Waals surface area (Å²) in [5.41, 5.74) is 7.08. The fourth-order valence-corrected chi connectivity index (χ4v) is 1.70. The standard InChI is InChI=1S/C10H9N5O/c1-15-7-5-3-2-4-6(7)8(13-15)9-12-10(11)14-16-9/h2-5H,1H3,(H2,11,14). The van der Waals surface area contributed by atoms with Crippen LogP contribution in [0.15, 0.2) is 28.8 Å². The third-order valence-corrected chi connectivity index (χ3v) is 2.40. The molecule has 3 aromatic rings. The Balaban J connectivity index is 2.32. The van der Waals surface area contributed by atoms with Crippen LogP contribution in [0.4, 0.5) is 5.95 Å². The van der Waals surface area contributed by atoms with Crippen molar-refractivity contribution in [1.82, 2.24) is 19.9 Å². The fraction of sp³-hybridized carbons (Fsp3) is 0.100. The SMILES string of the molecule is Cn1nc(-c2nc(N)no2)c2ccccc21. The first-order valence-electron chi connectivity index (χ1n) is 4.77. The van der Waals surface area contributed by atoms with Gasteiger partial charge in [-0.25, -0.2) is 0 Å². The van der Waals surface area contributed by atoms with Crippen LogP contribution in [-0.2, 0) is 7.05 Å². The largest absolute Gasteiger partial charge is 0.365 e. The molecule has 80 valence electrons. The van der Waals surface area contributed by atoms with E-state index in [0.29, 0.717) is 11.6 Å². The topological polar surface area (TPSA) is 82.8 Å². The molecule has 3 rings (SSSR count). The highest BCUT2D eigenvalue weighted by atomic mass is 16.5. The molecular formula is C10H9N5O. The summed E-state index contributed by atoms with van der Waals surface area (Å²) >= 11 is 0. The van der Waals surface area contributed by atoms with E-state index in [1.807, 2.05) is 31.3 Å². The van der Waals surface area contributed by atoms with Gasteiger partial charge in [-0.3, -0.25) is 4.68 Å². The van der Waals surface area contributed by atoms with Crippen LogP contribution in [0.25, 0.3) is 22.5 Å². The maximum atomic E-state index is 5.42. The molecule has 0 aliphatic heterocycles. The third-order valence-electron chi connectivity index (χ3n) is 2.40. The van der Waals surface area contributed by atoms with Crippen LogP contribution in [0.2, 0.25) is 0 Å². The molecule has 6 heteroatoms. The number of anilines is 1. The summed E-state index contributed by atoms with van der Waals surface area (Å²) in [7, 11) is 1.87. The van der Waals surface area contributed by atoms with E-state index in [9.17, 15) is 0 Å². The van der Waals surface area contributed by atoms with E-state index >= 15 is 0 Å². The number of rotatable bonds is 1. The number of aromatic nitrogens is 4. The van der Waals surface area contributed by atoms with Crippen molar-refractivity contribution in [2.75, 3.05) is 5.73 Å². The Kier molecular flexibility index (Phi) is 1.70. The molecule has 0 saturated heterocycles. The van der Waals surface area contributed by atoms with E-state index in [1.54, 1.807) is 4.68 Å². The van der Waals surface area contributed by atoms with E-state index < -0.39 is 0 Å². The van der Waals surface area contributed by atoms with Gasteiger partial charge in [-0.1, -0.05) is 18.2 Å². The van der Waals surface area contributed by atoms with Gasteiger partial charge in [0.15, 0.2) is 5.69 Å². The van der Waals surface area contributed by atoms with Gasteiger partial charge in [-0.05, 0) is 11.2 Å². The van der Waals surface area contributed by atoms with E-state index in [2.05, 4.69) is 15.2 Å². The fourth-order valence-electron chi connectivity index (χ4n) is 1.70. The predicted octanol–water partition coefficient (Wildman–Crippen LogP) is 1.21. The van der Waals surface area contributed by atoms with Crippen molar-refractivity contribution >= 4 is 16.9 Å². The van der Waals surface area contributed by atoms with Crippen molar-refractivity contribution in [1.29, 1.82) is 0 Å². The van der Waals surface area contributed by atoms with E-state index in [1.165, 1.54) is 0 Å². The molecule has 0 amide bonds. The zero-order valence-corrected chi connectivity index (χ0v) is 8.58. The normalized spacial score (nSPS) is 11.1. The van der Waals surface area contributed by atoms with Gasteiger partial charge in [0.25, 0.3) is 11.8 Å². The van der Waals surface area contributed by atoms with Crippen LogP contribution in [0, 0.1) is 0 Å². The Morgan fingerprint density at radius 3 is 2.88 bits per heavy atom. The number of hydrogen-bond acceptors (Lipinski definition) is 5. The minimum absolute atomic E-state index is 0.115. The van der Waals surface area contributed by atoms with Crippen molar-refractivity contribution in [2.24, 2.45) is 7.05 Å². The monoisotopic (exact) mass is 215 g/mol. The lowest BCUT2D eigenvalue weighted by molar-refractivity contribution is 0.431. The van der Waals surface area contributed by atoms with Crippen LogP contribution < -0.4 is 5.73 Å². The first kappa shape index (κ1) is 8.90. The predicted molar refractivity (Wildman–Crippen MR) is 58.4 cm³/mol. The lowest BCUT2D eigenvalue weighted by Gasteiger charge is -1.90. The van der Waals surface area contributed by atoms with E-state index in [-0.39, 0.29) is 5.95 Å². The van der Waals surface area contributed by atoms with Gasteiger partial charge in [-0.15, -0.1) is 0 Å². The average molecular weight is 215 g/mol. The third kappa shape index (κ3) is 1.16. The minimum atomic E-state index is 0.115.